The van der Waals surface area contributed by atoms with Gasteiger partial charge in [-0.1, -0.05) is 31.4 Å². The Bertz CT molecular complexity index is 913. The minimum absolute atomic E-state index is 0.0698. The summed E-state index contributed by atoms with van der Waals surface area (Å²) in [5, 5.41) is 3.02. The largest absolute Gasteiger partial charge is 0.490 e. The third kappa shape index (κ3) is 5.41. The van der Waals surface area contributed by atoms with Crippen LogP contribution >= 0.6 is 0 Å². The molecule has 1 aromatic rings. The molecule has 3 rings (SSSR count). The molecule has 0 atom stereocenters. The second kappa shape index (κ2) is 7.85. The first-order valence-electron chi connectivity index (χ1n) is 9.83. The average Bonchev–Trinajstić information content (AvgIpc) is 2.57. The predicted octanol–water partition coefficient (Wildman–Crippen LogP) is 2.84. The second-order valence-corrected chi connectivity index (χ2v) is 10.4. The highest BCUT2D eigenvalue weighted by atomic mass is 32.2. The number of fused-ring (bicyclic) bond motifs is 1. The lowest BCUT2D eigenvalue weighted by Crippen LogP contribution is -2.55. The summed E-state index contributed by atoms with van der Waals surface area (Å²) in [7, 11) is -3.61. The van der Waals surface area contributed by atoms with Crippen LogP contribution < -0.4 is 15.8 Å². The van der Waals surface area contributed by atoms with Gasteiger partial charge in [-0.3, -0.25) is 0 Å². The molecule has 0 spiro atoms. The molecule has 1 amide bonds. The number of hydrogen-bond donors (Lipinski definition) is 2. The van der Waals surface area contributed by atoms with Crippen molar-refractivity contribution in [1.82, 2.24) is 5.32 Å². The van der Waals surface area contributed by atoms with Crippen LogP contribution in [0.15, 0.2) is 22.6 Å². The van der Waals surface area contributed by atoms with Gasteiger partial charge in [0.2, 0.25) is 0 Å². The Balaban J connectivity index is 1.80. The lowest BCUT2D eigenvalue weighted by molar-refractivity contribution is 0.0364. The number of carbonyl (C=O) groups excluding carboxylic acids is 1. The van der Waals surface area contributed by atoms with E-state index in [4.69, 9.17) is 15.2 Å². The number of nitrogens with zero attached hydrogens (tertiary/aromatic N) is 1. The molecule has 0 saturated heterocycles. The Morgan fingerprint density at radius 3 is 2.59 bits per heavy atom. The second-order valence-electron chi connectivity index (χ2n) is 8.75. The van der Waals surface area contributed by atoms with Crippen molar-refractivity contribution in [2.24, 2.45) is 10.1 Å². The molecule has 1 aromatic carbocycles. The molecule has 3 N–H and O–H groups in total. The van der Waals surface area contributed by atoms with Gasteiger partial charge >= 0.3 is 6.09 Å². The van der Waals surface area contributed by atoms with Crippen molar-refractivity contribution in [1.29, 1.82) is 0 Å². The van der Waals surface area contributed by atoms with Gasteiger partial charge in [0.25, 0.3) is 10.0 Å². The molecule has 0 aromatic heterocycles. The Morgan fingerprint density at radius 1 is 1.24 bits per heavy atom. The van der Waals surface area contributed by atoms with E-state index in [9.17, 15) is 13.2 Å². The molecule has 160 valence electrons. The number of sulfonamides is 1. The van der Waals surface area contributed by atoms with Gasteiger partial charge in [0, 0.05) is 0 Å². The van der Waals surface area contributed by atoms with Crippen molar-refractivity contribution in [3.8, 4) is 5.75 Å². The molecule has 29 heavy (non-hydrogen) atoms. The van der Waals surface area contributed by atoms with E-state index >= 15 is 0 Å². The zero-order valence-electron chi connectivity index (χ0n) is 17.2. The van der Waals surface area contributed by atoms with Crippen LogP contribution in [-0.2, 0) is 20.5 Å². The lowest BCUT2D eigenvalue weighted by atomic mass is 9.82. The Labute approximate surface area is 171 Å². The molecular weight excluding hydrogens is 394 g/mol. The maximum Gasteiger partial charge on any atom is 0.408 e. The molecule has 2 aliphatic rings. The minimum atomic E-state index is -3.61. The monoisotopic (exact) mass is 423 g/mol. The van der Waals surface area contributed by atoms with Gasteiger partial charge in [0.1, 0.15) is 23.8 Å². The van der Waals surface area contributed by atoms with Gasteiger partial charge in [-0.25, -0.2) is 13.2 Å². The summed E-state index contributed by atoms with van der Waals surface area (Å²) in [6.45, 7) is 5.71. The van der Waals surface area contributed by atoms with Crippen LogP contribution in [0.5, 0.6) is 5.75 Å². The SMILES string of the molecule is CC(C)(C)OC(=O)NC1(COc2cccc3c2C(N)=NS(=O)(=O)C3)CCCCC1. The number of nitrogens with one attached hydrogen (secondary N) is 1. The first-order chi connectivity index (χ1) is 13.5. The summed E-state index contributed by atoms with van der Waals surface area (Å²) < 4.78 is 38.9. The van der Waals surface area contributed by atoms with E-state index in [0.717, 1.165) is 32.1 Å². The van der Waals surface area contributed by atoms with Crippen molar-refractivity contribution in [3.05, 3.63) is 29.3 Å². The van der Waals surface area contributed by atoms with E-state index < -0.39 is 27.3 Å². The van der Waals surface area contributed by atoms with Gasteiger partial charge in [-0.2, -0.15) is 0 Å². The fraction of sp³-hybridized carbons (Fsp3) is 0.600. The number of alkyl carbamates (subject to hydrolysis) is 1. The van der Waals surface area contributed by atoms with Gasteiger partial charge in [0.15, 0.2) is 0 Å². The zero-order valence-corrected chi connectivity index (χ0v) is 18.0. The Hall–Kier alpha value is -2.29. The fourth-order valence-corrected chi connectivity index (χ4v) is 4.89. The van der Waals surface area contributed by atoms with Crippen molar-refractivity contribution in [2.45, 2.75) is 69.8 Å². The van der Waals surface area contributed by atoms with Crippen LogP contribution in [0.2, 0.25) is 0 Å². The lowest BCUT2D eigenvalue weighted by Gasteiger charge is -2.38. The van der Waals surface area contributed by atoms with Gasteiger partial charge in [-0.15, -0.1) is 4.40 Å². The normalized spacial score (nSPS) is 20.2. The molecule has 8 nitrogen and oxygen atoms in total. The number of benzene rings is 1. The summed E-state index contributed by atoms with van der Waals surface area (Å²) in [5.74, 6) is 0.191. The number of amides is 1. The summed E-state index contributed by atoms with van der Waals surface area (Å²) in [5.41, 5.74) is 5.85. The predicted molar refractivity (Wildman–Crippen MR) is 110 cm³/mol. The van der Waals surface area contributed by atoms with E-state index in [1.165, 1.54) is 0 Å². The van der Waals surface area contributed by atoms with Crippen molar-refractivity contribution in [2.75, 3.05) is 6.61 Å². The molecule has 9 heteroatoms. The first kappa shape index (κ1) is 21.4. The number of hydrogen-bond acceptors (Lipinski definition) is 6. The third-order valence-electron chi connectivity index (χ3n) is 5.02. The van der Waals surface area contributed by atoms with Crippen molar-refractivity contribution < 1.29 is 22.7 Å². The number of amidine groups is 1. The molecule has 1 aliphatic heterocycles. The minimum Gasteiger partial charge on any atom is -0.490 e. The summed E-state index contributed by atoms with van der Waals surface area (Å²) >= 11 is 0. The van der Waals surface area contributed by atoms with Crippen LogP contribution in [0, 0.1) is 0 Å². The summed E-state index contributed by atoms with van der Waals surface area (Å²) in [6.07, 6.45) is 4.15. The average molecular weight is 424 g/mol. The highest BCUT2D eigenvalue weighted by Gasteiger charge is 2.36. The van der Waals surface area contributed by atoms with Crippen LogP contribution in [-0.4, -0.2) is 38.1 Å². The number of rotatable bonds is 4. The number of carbonyl (C=O) groups is 1. The summed E-state index contributed by atoms with van der Waals surface area (Å²) in [6, 6.07) is 5.18. The van der Waals surface area contributed by atoms with E-state index in [1.54, 1.807) is 18.2 Å². The van der Waals surface area contributed by atoms with Crippen LogP contribution in [0.1, 0.15) is 64.0 Å². The third-order valence-corrected chi connectivity index (χ3v) is 6.18. The zero-order chi connectivity index (χ0) is 21.3. The van der Waals surface area contributed by atoms with Crippen LogP contribution in [0.3, 0.4) is 0 Å². The molecule has 1 aliphatic carbocycles. The highest BCUT2D eigenvalue weighted by molar-refractivity contribution is 7.89. The quantitative estimate of drug-likeness (QED) is 0.768. The Morgan fingerprint density at radius 2 is 1.93 bits per heavy atom. The van der Waals surface area contributed by atoms with Gasteiger partial charge in [-0.05, 0) is 45.2 Å². The topological polar surface area (TPSA) is 120 Å². The fourth-order valence-electron chi connectivity index (χ4n) is 3.80. The molecule has 0 unspecified atom stereocenters. The molecule has 1 saturated carbocycles. The van der Waals surface area contributed by atoms with Crippen molar-refractivity contribution in [3.63, 3.8) is 0 Å². The smallest absolute Gasteiger partial charge is 0.408 e. The number of ether oxygens (including phenoxy) is 2. The van der Waals surface area contributed by atoms with E-state index in [0.29, 0.717) is 16.9 Å². The maximum atomic E-state index is 12.4. The maximum absolute atomic E-state index is 12.4. The van der Waals surface area contributed by atoms with Crippen LogP contribution in [0.25, 0.3) is 0 Å². The molecule has 1 fully saturated rings. The standard InChI is InChI=1S/C20H29N3O5S/c1-19(2,3)28-18(24)22-20(10-5-4-6-11-20)13-27-15-9-7-8-14-12-29(25,26)23-17(21)16(14)15/h7-9H,4-6,10-13H2,1-3H3,(H2,21,23)(H,22,24). The number of nitrogens with two attached hydrogens (primary N) is 1. The van der Waals surface area contributed by atoms with E-state index in [-0.39, 0.29) is 18.2 Å². The van der Waals surface area contributed by atoms with Crippen LogP contribution in [0.4, 0.5) is 4.79 Å². The molecule has 0 bridgehead atoms. The van der Waals surface area contributed by atoms with E-state index in [1.807, 2.05) is 20.8 Å². The molecule has 1 heterocycles. The first-order valence-corrected chi connectivity index (χ1v) is 11.4. The summed E-state index contributed by atoms with van der Waals surface area (Å²) in [4.78, 5) is 12.4. The van der Waals surface area contributed by atoms with Crippen molar-refractivity contribution >= 4 is 22.0 Å². The highest BCUT2D eigenvalue weighted by Crippen LogP contribution is 2.32. The Kier molecular flexibility index (Phi) is 5.80. The van der Waals surface area contributed by atoms with E-state index in [2.05, 4.69) is 9.71 Å². The van der Waals surface area contributed by atoms with Gasteiger partial charge < -0.3 is 20.5 Å². The molecular formula is C20H29N3O5S. The van der Waals surface area contributed by atoms with Gasteiger partial charge in [0.05, 0.1) is 16.9 Å². The molecule has 0 radical (unpaired) electrons.